The van der Waals surface area contributed by atoms with Gasteiger partial charge >= 0.3 is 0 Å². The monoisotopic (exact) mass is 327 g/mol. The summed E-state index contributed by atoms with van der Waals surface area (Å²) in [6, 6.07) is 7.37. The van der Waals surface area contributed by atoms with Crippen LogP contribution in [0.5, 0.6) is 0 Å². The maximum Gasteiger partial charge on any atom is 0.275 e. The third-order valence-electron chi connectivity index (χ3n) is 5.11. The number of carbonyl (C=O) groups is 1. The van der Waals surface area contributed by atoms with E-state index in [2.05, 4.69) is 5.10 Å². The average Bonchev–Trinajstić information content (AvgIpc) is 3.10. The molecule has 2 aliphatic rings. The minimum atomic E-state index is -0.148. The zero-order valence-corrected chi connectivity index (χ0v) is 13.8. The van der Waals surface area contributed by atoms with Crippen LogP contribution in [0.15, 0.2) is 29.1 Å². The van der Waals surface area contributed by atoms with Crippen LogP contribution in [-0.4, -0.2) is 45.9 Å². The van der Waals surface area contributed by atoms with Crippen molar-refractivity contribution in [2.75, 3.05) is 13.2 Å². The van der Waals surface area contributed by atoms with Gasteiger partial charge in [-0.2, -0.15) is 5.10 Å². The Bertz CT molecular complexity index is 845. The fourth-order valence-electron chi connectivity index (χ4n) is 3.92. The quantitative estimate of drug-likeness (QED) is 0.844. The normalized spacial score (nSPS) is 23.5. The average molecular weight is 327 g/mol. The smallest absolute Gasteiger partial charge is 0.275 e. The van der Waals surface area contributed by atoms with Gasteiger partial charge in [0.2, 0.25) is 0 Å². The highest BCUT2D eigenvalue weighted by Crippen LogP contribution is 2.31. The van der Waals surface area contributed by atoms with Crippen molar-refractivity contribution in [2.24, 2.45) is 0 Å². The van der Waals surface area contributed by atoms with E-state index in [0.717, 1.165) is 19.3 Å². The molecule has 1 aromatic heterocycles. The number of hydrogen-bond donors (Lipinski definition) is 0. The summed E-state index contributed by atoms with van der Waals surface area (Å²) in [4.78, 5) is 27.6. The number of fused-ring (bicyclic) bond motifs is 2. The first-order valence-corrected chi connectivity index (χ1v) is 8.63. The first-order valence-electron chi connectivity index (χ1n) is 8.63. The molecule has 1 aromatic carbocycles. The first kappa shape index (κ1) is 15.3. The zero-order valence-electron chi connectivity index (χ0n) is 13.8. The van der Waals surface area contributed by atoms with E-state index in [1.165, 1.54) is 4.68 Å². The van der Waals surface area contributed by atoms with Crippen LogP contribution in [0.2, 0.25) is 0 Å². The number of rotatable bonds is 2. The number of aromatic nitrogens is 2. The van der Waals surface area contributed by atoms with Gasteiger partial charge < -0.3 is 9.64 Å². The van der Waals surface area contributed by atoms with E-state index in [-0.39, 0.29) is 23.6 Å². The molecule has 0 spiro atoms. The van der Waals surface area contributed by atoms with E-state index in [1.807, 2.05) is 30.0 Å². The molecular formula is C18H21N3O3. The Labute approximate surface area is 140 Å². The Hall–Kier alpha value is -2.21. The lowest BCUT2D eigenvalue weighted by molar-refractivity contribution is -0.0447. The molecule has 0 unspecified atom stereocenters. The summed E-state index contributed by atoms with van der Waals surface area (Å²) in [6.07, 6.45) is 3.21. The minimum absolute atomic E-state index is 0.0893. The second kappa shape index (κ2) is 6.02. The molecule has 1 aliphatic heterocycles. The second-order valence-corrected chi connectivity index (χ2v) is 6.42. The van der Waals surface area contributed by atoms with Gasteiger partial charge in [0.25, 0.3) is 11.5 Å². The van der Waals surface area contributed by atoms with Crippen molar-refractivity contribution in [2.45, 2.75) is 44.9 Å². The maximum atomic E-state index is 13.2. The Balaban J connectivity index is 1.82. The lowest BCUT2D eigenvalue weighted by Crippen LogP contribution is -2.51. The van der Waals surface area contributed by atoms with Gasteiger partial charge in [-0.1, -0.05) is 18.2 Å². The number of hydrogen-bond acceptors (Lipinski definition) is 4. The molecule has 0 radical (unpaired) electrons. The molecule has 0 N–H and O–H groups in total. The lowest BCUT2D eigenvalue weighted by Gasteiger charge is -2.37. The van der Waals surface area contributed by atoms with E-state index >= 15 is 0 Å². The van der Waals surface area contributed by atoms with Crippen molar-refractivity contribution in [1.82, 2.24) is 14.7 Å². The molecule has 0 bridgehead atoms. The summed E-state index contributed by atoms with van der Waals surface area (Å²) in [5.41, 5.74) is 0.227. The molecule has 1 saturated carbocycles. The number of aryl methyl sites for hydroxylation is 1. The Morgan fingerprint density at radius 3 is 2.88 bits per heavy atom. The number of carbonyl (C=O) groups excluding carboxylic acids is 1. The molecule has 1 saturated heterocycles. The van der Waals surface area contributed by atoms with Gasteiger partial charge in [-0.3, -0.25) is 9.59 Å². The Kier molecular flexibility index (Phi) is 3.84. The SMILES string of the molecule is CCn1nc(C(=O)N2CCO[C@H]3CCC[C@@H]32)c2ccccc2c1=O. The van der Waals surface area contributed by atoms with Gasteiger partial charge in [-0.25, -0.2) is 4.68 Å². The minimum Gasteiger partial charge on any atom is -0.374 e. The third-order valence-corrected chi connectivity index (χ3v) is 5.11. The number of ether oxygens (including phenoxy) is 1. The van der Waals surface area contributed by atoms with Crippen molar-refractivity contribution >= 4 is 16.7 Å². The first-order chi connectivity index (χ1) is 11.7. The number of nitrogens with zero attached hydrogens (tertiary/aromatic N) is 3. The lowest BCUT2D eigenvalue weighted by atomic mass is 10.1. The van der Waals surface area contributed by atoms with Crippen molar-refractivity contribution in [1.29, 1.82) is 0 Å². The fraction of sp³-hybridized carbons (Fsp3) is 0.500. The van der Waals surface area contributed by atoms with E-state index in [4.69, 9.17) is 4.74 Å². The highest BCUT2D eigenvalue weighted by Gasteiger charge is 2.39. The van der Waals surface area contributed by atoms with Crippen LogP contribution >= 0.6 is 0 Å². The van der Waals surface area contributed by atoms with Gasteiger partial charge in [0, 0.05) is 18.5 Å². The predicted octanol–water partition coefficient (Wildman–Crippen LogP) is 1.81. The molecule has 4 rings (SSSR count). The van der Waals surface area contributed by atoms with Gasteiger partial charge in [0.05, 0.1) is 24.1 Å². The highest BCUT2D eigenvalue weighted by molar-refractivity contribution is 6.05. The summed E-state index contributed by atoms with van der Waals surface area (Å²) in [7, 11) is 0. The fourth-order valence-corrected chi connectivity index (χ4v) is 3.92. The zero-order chi connectivity index (χ0) is 16.7. The topological polar surface area (TPSA) is 64.4 Å². The highest BCUT2D eigenvalue weighted by atomic mass is 16.5. The van der Waals surface area contributed by atoms with Gasteiger partial charge in [-0.15, -0.1) is 0 Å². The van der Waals surface area contributed by atoms with Crippen molar-refractivity contribution in [3.8, 4) is 0 Å². The maximum absolute atomic E-state index is 13.2. The van der Waals surface area contributed by atoms with Crippen LogP contribution in [0.3, 0.4) is 0 Å². The molecule has 126 valence electrons. The summed E-state index contributed by atoms with van der Waals surface area (Å²) < 4.78 is 7.18. The van der Waals surface area contributed by atoms with Crippen molar-refractivity contribution in [3.63, 3.8) is 0 Å². The second-order valence-electron chi connectivity index (χ2n) is 6.42. The molecule has 2 aromatic rings. The number of morpholine rings is 1. The van der Waals surface area contributed by atoms with Crippen molar-refractivity contribution < 1.29 is 9.53 Å². The summed E-state index contributed by atoms with van der Waals surface area (Å²) in [6.45, 7) is 3.46. The third kappa shape index (κ3) is 2.33. The molecule has 6 nitrogen and oxygen atoms in total. The van der Waals surface area contributed by atoms with Crippen LogP contribution in [0.4, 0.5) is 0 Å². The molecule has 2 fully saturated rings. The molecule has 24 heavy (non-hydrogen) atoms. The van der Waals surface area contributed by atoms with Crippen LogP contribution in [0.1, 0.15) is 36.7 Å². The van der Waals surface area contributed by atoms with Gasteiger partial charge in [-0.05, 0) is 32.3 Å². The van der Waals surface area contributed by atoms with Crippen molar-refractivity contribution in [3.05, 3.63) is 40.3 Å². The summed E-state index contributed by atoms with van der Waals surface area (Å²) in [5.74, 6) is -0.0893. The summed E-state index contributed by atoms with van der Waals surface area (Å²) >= 11 is 0. The van der Waals surface area contributed by atoms with Crippen LogP contribution in [0.25, 0.3) is 10.8 Å². The number of benzene rings is 1. The summed E-state index contributed by atoms with van der Waals surface area (Å²) in [5, 5.41) is 5.57. The standard InChI is InChI=1S/C18H21N3O3/c1-2-21-17(22)13-7-4-3-6-12(13)16(19-21)18(23)20-10-11-24-15-9-5-8-14(15)20/h3-4,6-7,14-15H,2,5,8-11H2,1H3/t14-,15-/m0/s1. The van der Waals surface area contributed by atoms with Gasteiger partial charge in [0.15, 0.2) is 5.69 Å². The number of amides is 1. The van der Waals surface area contributed by atoms with E-state index in [1.54, 1.807) is 6.07 Å². The molecule has 2 heterocycles. The predicted molar refractivity (Wildman–Crippen MR) is 90.1 cm³/mol. The molecule has 2 atom stereocenters. The van der Waals surface area contributed by atoms with Gasteiger partial charge in [0.1, 0.15) is 0 Å². The molecule has 1 aliphatic carbocycles. The molecule has 6 heteroatoms. The largest absolute Gasteiger partial charge is 0.374 e. The Morgan fingerprint density at radius 1 is 1.29 bits per heavy atom. The van der Waals surface area contributed by atoms with Crippen LogP contribution < -0.4 is 5.56 Å². The van der Waals surface area contributed by atoms with E-state index in [9.17, 15) is 9.59 Å². The molecular weight excluding hydrogens is 306 g/mol. The van der Waals surface area contributed by atoms with Crippen LogP contribution in [-0.2, 0) is 11.3 Å². The van der Waals surface area contributed by atoms with E-state index in [0.29, 0.717) is 36.2 Å². The molecule has 1 amide bonds. The van der Waals surface area contributed by atoms with Crippen LogP contribution in [0, 0.1) is 0 Å². The Morgan fingerprint density at radius 2 is 2.08 bits per heavy atom. The van der Waals surface area contributed by atoms with E-state index < -0.39 is 0 Å².